The topological polar surface area (TPSA) is 210 Å². The lowest BCUT2D eigenvalue weighted by molar-refractivity contribution is -0.300. The summed E-state index contributed by atoms with van der Waals surface area (Å²) < 4.78 is 23.2. The van der Waals surface area contributed by atoms with Gasteiger partial charge in [0.25, 0.3) is 0 Å². The normalized spacial score (nSPS) is 58.8. The number of epoxide rings is 1. The number of ketones is 1. The molecular formula is C32H42O13. The highest BCUT2D eigenvalue weighted by molar-refractivity contribution is 5.90. The van der Waals surface area contributed by atoms with Crippen LogP contribution in [0.1, 0.15) is 54.9 Å². The second-order valence-corrected chi connectivity index (χ2v) is 15.4. The first-order chi connectivity index (χ1) is 20.7. The standard InChI is InChI=1S/C32H42O13/c1-10-8-14-29(5,31(7,40)27(39)45-14)19-16(10)28(4)17(21(19)36)15-18(23(42-11(2)33)26(28)43-12(3)34)30(6)25(38)22-13(44-22)9-32(30,41)24(37)20(15)35/h8,10,13,15-19,21-26,36-38,40-41H,9H2,1-7H3/t10-,13+,15+,16+,17-,18-,19+,21-,22+,23+,24+,25+,26+,28-,29+,30+,31-,32+/m1/s1. The summed E-state index contributed by atoms with van der Waals surface area (Å²) in [5.41, 5.74) is -8.88. The fraction of sp³-hybridized carbons (Fsp3) is 0.812. The van der Waals surface area contributed by atoms with Crippen LogP contribution >= 0.6 is 0 Å². The number of esters is 3. The van der Waals surface area contributed by atoms with Crippen molar-refractivity contribution in [1.29, 1.82) is 0 Å². The predicted octanol–water partition coefficient (Wildman–Crippen LogP) is -0.614. The van der Waals surface area contributed by atoms with Crippen molar-refractivity contribution in [2.75, 3.05) is 0 Å². The maximum absolute atomic E-state index is 14.5. The Morgan fingerprint density at radius 1 is 0.933 bits per heavy atom. The van der Waals surface area contributed by atoms with E-state index in [0.29, 0.717) is 0 Å². The van der Waals surface area contributed by atoms with Crippen LogP contribution in [0.15, 0.2) is 11.8 Å². The molecule has 248 valence electrons. The Balaban J connectivity index is 1.51. The van der Waals surface area contributed by atoms with Crippen LogP contribution in [0.4, 0.5) is 0 Å². The minimum atomic E-state index is -2.21. The van der Waals surface area contributed by atoms with Crippen molar-refractivity contribution in [3.63, 3.8) is 0 Å². The minimum absolute atomic E-state index is 0.174. The minimum Gasteiger partial charge on any atom is -0.458 e. The predicted molar refractivity (Wildman–Crippen MR) is 148 cm³/mol. The smallest absolute Gasteiger partial charge is 0.343 e. The van der Waals surface area contributed by atoms with Gasteiger partial charge in [-0.25, -0.2) is 4.79 Å². The van der Waals surface area contributed by atoms with Crippen molar-refractivity contribution in [3.05, 3.63) is 11.8 Å². The number of carbonyl (C=O) groups excluding carboxylic acids is 4. The molecule has 0 aromatic heterocycles. The summed E-state index contributed by atoms with van der Waals surface area (Å²) in [6.07, 6.45) is -7.38. The molecule has 0 spiro atoms. The molecule has 5 N–H and O–H groups in total. The SMILES string of the molecule is CC(=O)O[C@H]1[C@H]2[C@@H](C(=O)[C@H](O)[C@@]3(O)C[C@@H]4O[C@@H]4[C@H](O)[C@]23C)[C@@H]2[C@@H](O)[C@@H]3[C@H]([C@H](C)C=C4OC(=O)[C@@](C)(O)[C@@]43C)[C@@]2(C)[C@H]1OC(C)=O. The Hall–Kier alpha value is -2.42. The summed E-state index contributed by atoms with van der Waals surface area (Å²) in [4.78, 5) is 53.2. The van der Waals surface area contributed by atoms with Gasteiger partial charge in [0, 0.05) is 54.8 Å². The lowest BCUT2D eigenvalue weighted by Gasteiger charge is -2.66. The first-order valence-electron chi connectivity index (χ1n) is 15.7. The second-order valence-electron chi connectivity index (χ2n) is 15.4. The molecule has 2 heterocycles. The third-order valence-electron chi connectivity index (χ3n) is 13.7. The molecule has 13 nitrogen and oxygen atoms in total. The van der Waals surface area contributed by atoms with E-state index in [9.17, 15) is 44.7 Å². The first kappa shape index (κ1) is 31.2. The maximum Gasteiger partial charge on any atom is 0.343 e. The first-order valence-corrected chi connectivity index (χ1v) is 15.7. The Labute approximate surface area is 259 Å². The molecule has 18 atom stereocenters. The molecular weight excluding hydrogens is 592 g/mol. The van der Waals surface area contributed by atoms with E-state index in [2.05, 4.69) is 0 Å². The molecule has 0 unspecified atom stereocenters. The van der Waals surface area contributed by atoms with Crippen molar-refractivity contribution in [3.8, 4) is 0 Å². The highest BCUT2D eigenvalue weighted by Crippen LogP contribution is 2.75. The number of hydrogen-bond acceptors (Lipinski definition) is 13. The molecule has 45 heavy (non-hydrogen) atoms. The van der Waals surface area contributed by atoms with E-state index in [1.54, 1.807) is 19.9 Å². The number of aliphatic hydroxyl groups is 5. The van der Waals surface area contributed by atoms with Crippen LogP contribution in [0.3, 0.4) is 0 Å². The molecule has 4 saturated carbocycles. The van der Waals surface area contributed by atoms with E-state index >= 15 is 0 Å². The zero-order valence-corrected chi connectivity index (χ0v) is 26.3. The van der Waals surface area contributed by atoms with Crippen LogP contribution < -0.4 is 0 Å². The lowest BCUT2D eigenvalue weighted by Crippen LogP contribution is -2.80. The van der Waals surface area contributed by atoms with Crippen molar-refractivity contribution < 1.29 is 63.7 Å². The largest absolute Gasteiger partial charge is 0.458 e. The summed E-state index contributed by atoms with van der Waals surface area (Å²) in [7, 11) is 0. The molecule has 2 saturated heterocycles. The van der Waals surface area contributed by atoms with E-state index in [1.165, 1.54) is 20.8 Å². The molecule has 0 amide bonds. The van der Waals surface area contributed by atoms with E-state index in [-0.39, 0.29) is 12.2 Å². The van der Waals surface area contributed by atoms with Gasteiger partial charge in [-0.2, -0.15) is 0 Å². The molecule has 0 aromatic rings. The van der Waals surface area contributed by atoms with Gasteiger partial charge < -0.3 is 44.5 Å². The third-order valence-corrected chi connectivity index (χ3v) is 13.7. The third kappa shape index (κ3) is 3.30. The fourth-order valence-electron chi connectivity index (χ4n) is 11.6. The average molecular weight is 635 g/mol. The van der Waals surface area contributed by atoms with E-state index in [4.69, 9.17) is 18.9 Å². The molecule has 2 aliphatic heterocycles. The molecule has 0 radical (unpaired) electrons. The zero-order valence-electron chi connectivity index (χ0n) is 26.3. The van der Waals surface area contributed by atoms with Crippen LogP contribution in [-0.4, -0.2) is 103 Å². The highest BCUT2D eigenvalue weighted by Gasteiger charge is 2.84. The van der Waals surface area contributed by atoms with Gasteiger partial charge in [-0.05, 0) is 31.8 Å². The quantitative estimate of drug-likeness (QED) is 0.146. The number of hydrogen-bond donors (Lipinski definition) is 5. The molecule has 7 aliphatic rings. The number of rotatable bonds is 2. The van der Waals surface area contributed by atoms with E-state index in [1.807, 2.05) is 6.92 Å². The van der Waals surface area contributed by atoms with Gasteiger partial charge in [0.15, 0.2) is 11.4 Å². The molecule has 13 heteroatoms. The highest BCUT2D eigenvalue weighted by atomic mass is 16.6. The number of ether oxygens (including phenoxy) is 4. The Morgan fingerprint density at radius 3 is 2.16 bits per heavy atom. The van der Waals surface area contributed by atoms with Gasteiger partial charge in [-0.1, -0.05) is 20.8 Å². The number of Topliss-reactive ketones (excluding diaryl/α,β-unsaturated/α-hetero) is 1. The number of aliphatic hydroxyl groups excluding tert-OH is 3. The summed E-state index contributed by atoms with van der Waals surface area (Å²) in [5.74, 6) is -8.79. The van der Waals surface area contributed by atoms with Gasteiger partial charge in [0.1, 0.15) is 35.8 Å². The van der Waals surface area contributed by atoms with E-state index < -0.39 is 129 Å². The van der Waals surface area contributed by atoms with Gasteiger partial charge in [0.05, 0.1) is 23.7 Å². The summed E-state index contributed by atoms with van der Waals surface area (Å²) >= 11 is 0. The van der Waals surface area contributed by atoms with Gasteiger partial charge in [0.2, 0.25) is 0 Å². The van der Waals surface area contributed by atoms with Crippen LogP contribution in [0.2, 0.25) is 0 Å². The monoisotopic (exact) mass is 634 g/mol. The van der Waals surface area contributed by atoms with Gasteiger partial charge in [-0.3, -0.25) is 14.4 Å². The fourth-order valence-corrected chi connectivity index (χ4v) is 11.6. The number of carbonyl (C=O) groups is 4. The molecule has 5 aliphatic carbocycles. The molecule has 0 aromatic carbocycles. The molecule has 6 fully saturated rings. The Bertz CT molecular complexity index is 1440. The summed E-state index contributed by atoms with van der Waals surface area (Å²) in [6, 6.07) is 0. The Kier molecular flexibility index (Phi) is 6.19. The number of fused-ring (bicyclic) bond motifs is 10. The Morgan fingerprint density at radius 2 is 1.56 bits per heavy atom. The van der Waals surface area contributed by atoms with E-state index in [0.717, 1.165) is 6.92 Å². The maximum atomic E-state index is 14.5. The second kappa shape index (κ2) is 8.93. The average Bonchev–Trinajstić information content (AvgIpc) is 3.62. The van der Waals surface area contributed by atoms with Crippen molar-refractivity contribution in [1.82, 2.24) is 0 Å². The van der Waals surface area contributed by atoms with Gasteiger partial charge >= 0.3 is 17.9 Å². The molecule has 0 bridgehead atoms. The van der Waals surface area contributed by atoms with Gasteiger partial charge in [-0.15, -0.1) is 0 Å². The van der Waals surface area contributed by atoms with Crippen LogP contribution in [-0.2, 0) is 38.1 Å². The van der Waals surface area contributed by atoms with Crippen molar-refractivity contribution in [2.24, 2.45) is 51.8 Å². The lowest BCUT2D eigenvalue weighted by atomic mass is 9.40. The summed E-state index contributed by atoms with van der Waals surface area (Å²) in [6.45, 7) is 10.3. The van der Waals surface area contributed by atoms with Crippen LogP contribution in [0, 0.1) is 51.8 Å². The summed E-state index contributed by atoms with van der Waals surface area (Å²) in [5, 5.41) is 59.7. The number of allylic oxidation sites excluding steroid dienone is 1. The van der Waals surface area contributed by atoms with Crippen molar-refractivity contribution in [2.45, 2.75) is 109 Å². The molecule has 7 rings (SSSR count). The van der Waals surface area contributed by atoms with Crippen LogP contribution in [0.5, 0.6) is 0 Å². The van der Waals surface area contributed by atoms with Crippen molar-refractivity contribution >= 4 is 23.7 Å². The van der Waals surface area contributed by atoms with Crippen LogP contribution in [0.25, 0.3) is 0 Å². The zero-order chi connectivity index (χ0) is 33.1.